The second kappa shape index (κ2) is 11.6. The summed E-state index contributed by atoms with van der Waals surface area (Å²) in [5.41, 5.74) is 1.15. The van der Waals surface area contributed by atoms with Gasteiger partial charge in [-0.1, -0.05) is 51.2 Å². The van der Waals surface area contributed by atoms with Crippen LogP contribution in [0.25, 0.3) is 11.1 Å². The van der Waals surface area contributed by atoms with Crippen molar-refractivity contribution in [2.75, 3.05) is 26.3 Å². The highest BCUT2D eigenvalue weighted by Crippen LogP contribution is 2.31. The number of ketones is 1. The second-order valence-corrected chi connectivity index (χ2v) is 9.45. The number of carbonyl (C=O) groups excluding carboxylic acids is 3. The van der Waals surface area contributed by atoms with Crippen LogP contribution in [0.5, 0.6) is 0 Å². The molecule has 1 aromatic heterocycles. The van der Waals surface area contributed by atoms with Crippen molar-refractivity contribution in [3.63, 3.8) is 0 Å². The number of para-hydroxylation sites is 2. The zero-order valence-corrected chi connectivity index (χ0v) is 20.0. The van der Waals surface area contributed by atoms with Crippen molar-refractivity contribution in [3.8, 4) is 0 Å². The zero-order chi connectivity index (χ0) is 23.9. The lowest BCUT2D eigenvalue weighted by molar-refractivity contribution is -0.140. The lowest BCUT2D eigenvalue weighted by Gasteiger charge is -2.30. The van der Waals surface area contributed by atoms with E-state index in [9.17, 15) is 14.4 Å². The van der Waals surface area contributed by atoms with Crippen LogP contribution >= 0.6 is 0 Å². The topological polar surface area (TPSA) is 102 Å². The summed E-state index contributed by atoms with van der Waals surface area (Å²) < 4.78 is 11.0. The molecule has 2 fully saturated rings. The van der Waals surface area contributed by atoms with Gasteiger partial charge in [0.15, 0.2) is 5.58 Å². The van der Waals surface area contributed by atoms with Crippen LogP contribution in [0.15, 0.2) is 28.7 Å². The Morgan fingerprint density at radius 2 is 1.85 bits per heavy atom. The first-order valence-corrected chi connectivity index (χ1v) is 12.6. The average molecular weight is 470 g/mol. The van der Waals surface area contributed by atoms with Gasteiger partial charge < -0.3 is 19.4 Å². The number of Topliss-reactive ketones (excluding diaryl/α,β-unsaturated/α-hetero) is 1. The summed E-state index contributed by atoms with van der Waals surface area (Å²) in [6.07, 6.45) is 7.01. The van der Waals surface area contributed by atoms with Gasteiger partial charge in [-0.3, -0.25) is 14.4 Å². The Balaban J connectivity index is 1.45. The Bertz CT molecular complexity index is 958. The van der Waals surface area contributed by atoms with Crippen LogP contribution in [0, 0.1) is 11.8 Å². The van der Waals surface area contributed by atoms with E-state index in [1.165, 1.54) is 19.3 Å². The molecule has 184 valence electrons. The third-order valence-corrected chi connectivity index (χ3v) is 7.04. The lowest BCUT2D eigenvalue weighted by Crippen LogP contribution is -2.46. The van der Waals surface area contributed by atoms with Crippen molar-refractivity contribution in [1.82, 2.24) is 15.2 Å². The van der Waals surface area contributed by atoms with Gasteiger partial charge >= 0.3 is 0 Å². The predicted octanol–water partition coefficient (Wildman–Crippen LogP) is 3.74. The molecule has 34 heavy (non-hydrogen) atoms. The molecule has 1 aromatic carbocycles. The van der Waals surface area contributed by atoms with Gasteiger partial charge in [-0.05, 0) is 30.9 Å². The largest absolute Gasteiger partial charge is 0.434 e. The molecular formula is C26H35N3O5. The Hall–Kier alpha value is -2.74. The molecule has 1 aliphatic carbocycles. The molecule has 8 nitrogen and oxygen atoms in total. The van der Waals surface area contributed by atoms with E-state index in [0.717, 1.165) is 12.8 Å². The highest BCUT2D eigenvalue weighted by atomic mass is 16.5. The van der Waals surface area contributed by atoms with Crippen LogP contribution in [-0.2, 0) is 14.3 Å². The minimum absolute atomic E-state index is 0.00146. The number of amides is 2. The number of hydrogen-bond donors (Lipinski definition) is 1. The molecule has 0 radical (unpaired) electrons. The van der Waals surface area contributed by atoms with Gasteiger partial charge in [-0.15, -0.1) is 0 Å². The van der Waals surface area contributed by atoms with E-state index < -0.39 is 12.0 Å². The van der Waals surface area contributed by atoms with Crippen LogP contribution in [0.3, 0.4) is 0 Å². The molecule has 2 aliphatic rings. The summed E-state index contributed by atoms with van der Waals surface area (Å²) >= 11 is 0. The number of carbonyl (C=O) groups is 3. The maximum absolute atomic E-state index is 13.4. The van der Waals surface area contributed by atoms with Crippen molar-refractivity contribution >= 4 is 28.7 Å². The quantitative estimate of drug-likeness (QED) is 0.562. The fourth-order valence-corrected chi connectivity index (χ4v) is 5.03. The number of benzene rings is 1. The molecule has 1 aliphatic heterocycles. The van der Waals surface area contributed by atoms with Crippen LogP contribution < -0.4 is 5.32 Å². The molecule has 1 N–H and O–H groups in total. The second-order valence-electron chi connectivity index (χ2n) is 9.45. The number of oxazole rings is 1. The summed E-state index contributed by atoms with van der Waals surface area (Å²) in [5.74, 6) is -0.607. The van der Waals surface area contributed by atoms with Crippen molar-refractivity contribution < 1.29 is 23.5 Å². The first-order chi connectivity index (χ1) is 16.5. The van der Waals surface area contributed by atoms with Crippen LogP contribution in [0.1, 0.15) is 69.0 Å². The van der Waals surface area contributed by atoms with Gasteiger partial charge in [0.1, 0.15) is 5.52 Å². The normalized spacial score (nSPS) is 19.0. The van der Waals surface area contributed by atoms with Crippen LogP contribution in [0.4, 0.5) is 0 Å². The maximum Gasteiger partial charge on any atom is 0.266 e. The lowest BCUT2D eigenvalue weighted by atomic mass is 9.81. The predicted molar refractivity (Wildman–Crippen MR) is 127 cm³/mol. The van der Waals surface area contributed by atoms with Crippen molar-refractivity contribution in [1.29, 1.82) is 0 Å². The Morgan fingerprint density at radius 3 is 2.56 bits per heavy atom. The van der Waals surface area contributed by atoms with Crippen molar-refractivity contribution in [3.05, 3.63) is 30.2 Å². The SMILES string of the molecule is CC[C@H](NC(=O)[C@@H](CC(=O)N1CCOCC1)CC1CCCCC1)C(=O)c1nc2ccccc2o1. The zero-order valence-electron chi connectivity index (χ0n) is 20.0. The fourth-order valence-electron chi connectivity index (χ4n) is 5.03. The number of aromatic nitrogens is 1. The molecule has 2 aromatic rings. The number of nitrogens with zero attached hydrogens (tertiary/aromatic N) is 2. The van der Waals surface area contributed by atoms with Gasteiger partial charge in [0.05, 0.1) is 19.3 Å². The molecule has 1 saturated carbocycles. The van der Waals surface area contributed by atoms with Gasteiger partial charge in [-0.25, -0.2) is 4.98 Å². The number of morpholine rings is 1. The van der Waals surface area contributed by atoms with Gasteiger partial charge in [0, 0.05) is 25.4 Å². The molecular weight excluding hydrogens is 434 g/mol. The summed E-state index contributed by atoms with van der Waals surface area (Å²) in [7, 11) is 0. The maximum atomic E-state index is 13.4. The van der Waals surface area contributed by atoms with E-state index in [2.05, 4.69) is 10.3 Å². The molecule has 8 heteroatoms. The Kier molecular flexibility index (Phi) is 8.32. The number of fused-ring (bicyclic) bond motifs is 1. The number of rotatable bonds is 9. The Labute approximate surface area is 200 Å². The molecule has 0 bridgehead atoms. The average Bonchev–Trinajstić information content (AvgIpc) is 3.32. The van der Waals surface area contributed by atoms with Gasteiger partial charge in [0.25, 0.3) is 5.89 Å². The standard InChI is InChI=1S/C26H35N3O5/c1-2-20(24(31)26-28-21-10-6-7-11-22(21)34-26)27-25(32)19(16-18-8-4-3-5-9-18)17-23(30)29-12-14-33-15-13-29/h6-7,10-11,18-20H,2-5,8-9,12-17H2,1H3,(H,27,32)/t19-,20+/m1/s1. The molecule has 2 heterocycles. The minimum atomic E-state index is -0.743. The first-order valence-electron chi connectivity index (χ1n) is 12.6. The summed E-state index contributed by atoms with van der Waals surface area (Å²) in [6, 6.07) is 6.46. The van der Waals surface area contributed by atoms with E-state index >= 15 is 0 Å². The molecule has 0 spiro atoms. The molecule has 0 unspecified atom stereocenters. The fraction of sp³-hybridized carbons (Fsp3) is 0.615. The monoisotopic (exact) mass is 469 g/mol. The third-order valence-electron chi connectivity index (χ3n) is 7.04. The van der Waals surface area contributed by atoms with Gasteiger partial charge in [-0.2, -0.15) is 0 Å². The molecule has 4 rings (SSSR count). The van der Waals surface area contributed by atoms with Gasteiger partial charge in [0.2, 0.25) is 17.6 Å². The number of nitrogens with one attached hydrogen (secondary N) is 1. The highest BCUT2D eigenvalue weighted by Gasteiger charge is 2.32. The third kappa shape index (κ3) is 6.03. The summed E-state index contributed by atoms with van der Waals surface area (Å²) in [5, 5.41) is 2.92. The van der Waals surface area contributed by atoms with E-state index in [0.29, 0.717) is 56.2 Å². The molecule has 2 atom stereocenters. The number of ether oxygens (including phenoxy) is 1. The van der Waals surface area contributed by atoms with E-state index in [4.69, 9.17) is 9.15 Å². The Morgan fingerprint density at radius 1 is 1.12 bits per heavy atom. The summed E-state index contributed by atoms with van der Waals surface area (Å²) in [6.45, 7) is 4.03. The van der Waals surface area contributed by atoms with Crippen molar-refractivity contribution in [2.45, 2.75) is 64.3 Å². The van der Waals surface area contributed by atoms with Crippen LogP contribution in [0.2, 0.25) is 0 Å². The van der Waals surface area contributed by atoms with E-state index in [1.807, 2.05) is 19.1 Å². The smallest absolute Gasteiger partial charge is 0.266 e. The molecule has 2 amide bonds. The van der Waals surface area contributed by atoms with Crippen LogP contribution in [-0.4, -0.2) is 59.8 Å². The highest BCUT2D eigenvalue weighted by molar-refractivity contribution is 6.00. The van der Waals surface area contributed by atoms with E-state index in [-0.39, 0.29) is 29.9 Å². The molecule has 1 saturated heterocycles. The van der Waals surface area contributed by atoms with E-state index in [1.54, 1.807) is 17.0 Å². The van der Waals surface area contributed by atoms with Crippen molar-refractivity contribution in [2.24, 2.45) is 11.8 Å². The number of hydrogen-bond acceptors (Lipinski definition) is 6. The minimum Gasteiger partial charge on any atom is -0.434 e. The first kappa shape index (κ1) is 24.4. The summed E-state index contributed by atoms with van der Waals surface area (Å²) in [4.78, 5) is 45.5.